The average molecular weight is 175 g/mol. The normalized spacial score (nSPS) is 27.7. The highest BCUT2D eigenvalue weighted by Crippen LogP contribution is 2.14. The molecule has 1 unspecified atom stereocenters. The van der Waals surface area contributed by atoms with E-state index in [4.69, 9.17) is 4.74 Å². The maximum atomic E-state index is 11.1. The van der Waals surface area contributed by atoms with Crippen LogP contribution in [0.15, 0.2) is 0 Å². The number of hydrogen-bond donors (Lipinski definition) is 1. The fourth-order valence-electron chi connectivity index (χ4n) is 0.872. The van der Waals surface area contributed by atoms with E-state index in [2.05, 4.69) is 14.8 Å². The van der Waals surface area contributed by atoms with E-state index in [0.29, 0.717) is 0 Å². The van der Waals surface area contributed by atoms with Gasteiger partial charge in [-0.05, 0) is 0 Å². The van der Waals surface area contributed by atoms with Crippen molar-refractivity contribution in [1.29, 1.82) is 0 Å². The summed E-state index contributed by atoms with van der Waals surface area (Å²) in [5.74, 6) is -0.684. The molecule has 12 heavy (non-hydrogen) atoms. The van der Waals surface area contributed by atoms with Crippen molar-refractivity contribution in [3.63, 3.8) is 0 Å². The predicted molar refractivity (Wildman–Crippen MR) is 36.2 cm³/mol. The minimum atomic E-state index is -1.47. The van der Waals surface area contributed by atoms with Crippen LogP contribution < -0.4 is 5.32 Å². The second-order valence-electron chi connectivity index (χ2n) is 2.22. The van der Waals surface area contributed by atoms with Gasteiger partial charge in [-0.25, -0.2) is 9.59 Å². The Labute approximate surface area is 68.8 Å². The van der Waals surface area contributed by atoms with Gasteiger partial charge in [-0.1, -0.05) is 0 Å². The number of methoxy groups -OCH3 is 2. The van der Waals surface area contributed by atoms with Crippen LogP contribution in [0.3, 0.4) is 0 Å². The van der Waals surface area contributed by atoms with Gasteiger partial charge in [-0.15, -0.1) is 0 Å². The maximum absolute atomic E-state index is 11.1. The zero-order valence-electron chi connectivity index (χ0n) is 6.75. The maximum Gasteiger partial charge on any atom is 0.410 e. The van der Waals surface area contributed by atoms with E-state index >= 15 is 0 Å². The lowest BCUT2D eigenvalue weighted by molar-refractivity contribution is -0.168. The number of alkyl carbamates (subject to hydrolysis) is 1. The lowest BCUT2D eigenvalue weighted by atomic mass is 10.2. The molecule has 6 heteroatoms. The Morgan fingerprint density at radius 1 is 1.67 bits per heavy atom. The van der Waals surface area contributed by atoms with Gasteiger partial charge in [-0.2, -0.15) is 0 Å². The molecular formula is C6H9NO5. The van der Waals surface area contributed by atoms with Crippen LogP contribution >= 0.6 is 0 Å². The highest BCUT2D eigenvalue weighted by molar-refractivity contribution is 5.86. The van der Waals surface area contributed by atoms with Crippen LogP contribution in [0.2, 0.25) is 0 Å². The fraction of sp³-hybridized carbons (Fsp3) is 0.667. The van der Waals surface area contributed by atoms with Gasteiger partial charge in [0.1, 0.15) is 0 Å². The summed E-state index contributed by atoms with van der Waals surface area (Å²) in [5.41, 5.74) is -1.47. The van der Waals surface area contributed by atoms with Crippen molar-refractivity contribution in [2.24, 2.45) is 0 Å². The largest absolute Gasteiger partial charge is 0.465 e. The third kappa shape index (κ3) is 1.20. The number of nitrogens with one attached hydrogen (secondary N) is 1. The Morgan fingerprint density at radius 2 is 2.33 bits per heavy atom. The molecule has 0 aliphatic carbocycles. The molecule has 0 aromatic heterocycles. The van der Waals surface area contributed by atoms with E-state index in [9.17, 15) is 9.59 Å². The van der Waals surface area contributed by atoms with Gasteiger partial charge >= 0.3 is 12.1 Å². The smallest absolute Gasteiger partial charge is 0.410 e. The minimum absolute atomic E-state index is 0.172. The molecule has 1 N–H and O–H groups in total. The Morgan fingerprint density at radius 3 is 2.67 bits per heavy atom. The summed E-state index contributed by atoms with van der Waals surface area (Å²) in [4.78, 5) is 21.7. The number of ether oxygens (including phenoxy) is 3. The fourth-order valence-corrected chi connectivity index (χ4v) is 0.872. The summed E-state index contributed by atoms with van der Waals surface area (Å²) in [5, 5.41) is 2.21. The molecule has 1 amide bonds. The lowest BCUT2D eigenvalue weighted by Crippen LogP contribution is -2.53. The predicted octanol–water partition coefficient (Wildman–Crippen LogP) is -0.758. The van der Waals surface area contributed by atoms with Gasteiger partial charge < -0.3 is 14.2 Å². The monoisotopic (exact) mass is 175 g/mol. The molecule has 1 rings (SSSR count). The van der Waals surface area contributed by atoms with E-state index in [1.807, 2.05) is 0 Å². The number of cyclic esters (lactones) is 1. The zero-order valence-corrected chi connectivity index (χ0v) is 6.75. The first-order valence-corrected chi connectivity index (χ1v) is 3.23. The SMILES string of the molecule is COC(=O)C1(OC)COC(=O)N1. The number of esters is 1. The first-order valence-electron chi connectivity index (χ1n) is 3.23. The van der Waals surface area contributed by atoms with Crippen LogP contribution in [-0.4, -0.2) is 38.6 Å². The number of carbonyl (C=O) groups excluding carboxylic acids is 2. The minimum Gasteiger partial charge on any atom is -0.465 e. The van der Waals surface area contributed by atoms with Crippen LogP contribution in [0.25, 0.3) is 0 Å². The third-order valence-corrected chi connectivity index (χ3v) is 1.57. The van der Waals surface area contributed by atoms with Gasteiger partial charge in [0, 0.05) is 7.11 Å². The van der Waals surface area contributed by atoms with Crippen molar-refractivity contribution in [3.05, 3.63) is 0 Å². The Hall–Kier alpha value is -1.30. The Bertz CT molecular complexity index is 216. The standard InChI is InChI=1S/C6H9NO5/c1-10-4(8)6(11-2)3-12-5(9)7-6/h3H2,1-2H3,(H,7,9). The highest BCUT2D eigenvalue weighted by Gasteiger charge is 2.48. The summed E-state index contributed by atoms with van der Waals surface area (Å²) < 4.78 is 13.7. The van der Waals surface area contributed by atoms with E-state index < -0.39 is 17.8 Å². The van der Waals surface area contributed by atoms with Gasteiger partial charge in [0.25, 0.3) is 5.72 Å². The van der Waals surface area contributed by atoms with Crippen molar-refractivity contribution in [2.45, 2.75) is 5.72 Å². The molecule has 0 saturated carbocycles. The molecule has 6 nitrogen and oxygen atoms in total. The Balaban J connectivity index is 2.77. The van der Waals surface area contributed by atoms with Crippen LogP contribution in [0, 0.1) is 0 Å². The summed E-state index contributed by atoms with van der Waals surface area (Å²) in [6, 6.07) is 0. The number of rotatable bonds is 2. The summed E-state index contributed by atoms with van der Waals surface area (Å²) >= 11 is 0. The van der Waals surface area contributed by atoms with Crippen LogP contribution in [0.4, 0.5) is 4.79 Å². The summed E-state index contributed by atoms with van der Waals surface area (Å²) in [6.45, 7) is -0.172. The van der Waals surface area contributed by atoms with Crippen molar-refractivity contribution in [2.75, 3.05) is 20.8 Å². The van der Waals surface area contributed by atoms with Crippen molar-refractivity contribution in [1.82, 2.24) is 5.32 Å². The van der Waals surface area contributed by atoms with Gasteiger partial charge in [0.15, 0.2) is 6.61 Å². The molecule has 1 heterocycles. The molecule has 1 saturated heterocycles. The molecule has 0 bridgehead atoms. The third-order valence-electron chi connectivity index (χ3n) is 1.57. The van der Waals surface area contributed by atoms with Crippen molar-refractivity contribution in [3.8, 4) is 0 Å². The number of amides is 1. The average Bonchev–Trinajstić information content (AvgIpc) is 2.47. The van der Waals surface area contributed by atoms with Gasteiger partial charge in [-0.3, -0.25) is 5.32 Å². The van der Waals surface area contributed by atoms with Gasteiger partial charge in [0.05, 0.1) is 7.11 Å². The summed E-state index contributed by atoms with van der Waals surface area (Å²) in [7, 11) is 2.49. The molecule has 0 aromatic rings. The summed E-state index contributed by atoms with van der Waals surface area (Å²) in [6.07, 6.45) is -0.692. The molecule has 1 fully saturated rings. The van der Waals surface area contributed by atoms with E-state index in [0.717, 1.165) is 0 Å². The molecule has 1 aliphatic heterocycles. The van der Waals surface area contributed by atoms with Gasteiger partial charge in [0.2, 0.25) is 0 Å². The first kappa shape index (κ1) is 8.79. The quantitative estimate of drug-likeness (QED) is 0.558. The number of carbonyl (C=O) groups is 2. The van der Waals surface area contributed by atoms with Crippen LogP contribution in [0.5, 0.6) is 0 Å². The molecule has 1 aliphatic rings. The molecule has 0 aromatic carbocycles. The zero-order chi connectivity index (χ0) is 9.19. The second-order valence-corrected chi connectivity index (χ2v) is 2.22. The van der Waals surface area contributed by atoms with E-state index in [1.54, 1.807) is 0 Å². The molecular weight excluding hydrogens is 166 g/mol. The van der Waals surface area contributed by atoms with Crippen molar-refractivity contribution < 1.29 is 23.8 Å². The van der Waals surface area contributed by atoms with E-state index in [1.165, 1.54) is 14.2 Å². The first-order chi connectivity index (χ1) is 5.64. The molecule has 0 spiro atoms. The molecule has 0 radical (unpaired) electrons. The van der Waals surface area contributed by atoms with Crippen LogP contribution in [0.1, 0.15) is 0 Å². The topological polar surface area (TPSA) is 73.9 Å². The molecule has 1 atom stereocenters. The van der Waals surface area contributed by atoms with E-state index in [-0.39, 0.29) is 6.61 Å². The highest BCUT2D eigenvalue weighted by atomic mass is 16.6. The Kier molecular flexibility index (Phi) is 2.18. The lowest BCUT2D eigenvalue weighted by Gasteiger charge is -2.20. The van der Waals surface area contributed by atoms with Crippen molar-refractivity contribution >= 4 is 12.1 Å². The molecule has 68 valence electrons. The number of hydrogen-bond acceptors (Lipinski definition) is 5. The van der Waals surface area contributed by atoms with Crippen LogP contribution in [-0.2, 0) is 19.0 Å². The second kappa shape index (κ2) is 2.98.